The molecule has 0 N–H and O–H groups in total. The maximum Gasteiger partial charge on any atom is 0.106 e. The summed E-state index contributed by atoms with van der Waals surface area (Å²) in [4.78, 5) is 4.53. The van der Waals surface area contributed by atoms with Gasteiger partial charge in [0.15, 0.2) is 0 Å². The topological polar surface area (TPSA) is 21.6 Å². The molecule has 67 valence electrons. The second kappa shape index (κ2) is 10.0. The molecule has 0 heterocycles. The van der Waals surface area contributed by atoms with Crippen LogP contribution in [0.1, 0.15) is 32.1 Å². The summed E-state index contributed by atoms with van der Waals surface area (Å²) >= 11 is 0. The van der Waals surface area contributed by atoms with Crippen LogP contribution in [0.3, 0.4) is 0 Å². The van der Waals surface area contributed by atoms with Crippen LogP contribution in [-0.4, -0.2) is 13.3 Å². The van der Waals surface area contributed by atoms with E-state index >= 15 is 0 Å². The number of nitrogens with zero attached hydrogens (tertiary/aromatic N) is 1. The van der Waals surface area contributed by atoms with E-state index in [0.29, 0.717) is 0 Å². The lowest BCUT2D eigenvalue weighted by Crippen LogP contribution is -1.79. The fourth-order valence-electron chi connectivity index (χ4n) is 0.841. The van der Waals surface area contributed by atoms with Crippen LogP contribution in [0.2, 0.25) is 0 Å². The molecule has 0 unspecified atom stereocenters. The Bertz CT molecular complexity index is 164. The van der Waals surface area contributed by atoms with Gasteiger partial charge in [-0.15, -0.1) is 11.8 Å². The van der Waals surface area contributed by atoms with Crippen LogP contribution >= 0.6 is 0 Å². The molecule has 0 aromatic heterocycles. The number of unbranched alkanes of at least 4 members (excludes halogenated alkanes) is 4. The molecule has 0 aromatic rings. The van der Waals surface area contributed by atoms with Gasteiger partial charge in [-0.2, -0.15) is 0 Å². The van der Waals surface area contributed by atoms with Gasteiger partial charge in [0.05, 0.1) is 0 Å². The van der Waals surface area contributed by atoms with Crippen LogP contribution in [-0.2, 0) is 4.84 Å². The fraction of sp³-hybridized carbons (Fsp3) is 0.600. The number of hydrogen-bond donors (Lipinski definition) is 0. The zero-order valence-corrected chi connectivity index (χ0v) is 7.68. The molecular formula is C10H16NO. The van der Waals surface area contributed by atoms with Crippen molar-refractivity contribution in [1.82, 2.24) is 0 Å². The molecule has 2 nitrogen and oxygen atoms in total. The van der Waals surface area contributed by atoms with E-state index in [0.717, 1.165) is 25.7 Å². The monoisotopic (exact) mass is 166 g/mol. The molecule has 0 aliphatic rings. The van der Waals surface area contributed by atoms with E-state index in [1.165, 1.54) is 6.42 Å². The number of oxime groups is 1. The highest BCUT2D eigenvalue weighted by Gasteiger charge is 1.85. The Hall–Kier alpha value is -0.970. The van der Waals surface area contributed by atoms with E-state index in [1.54, 1.807) is 13.3 Å². The third kappa shape index (κ3) is 9.03. The summed E-state index contributed by atoms with van der Waals surface area (Å²) in [5.41, 5.74) is 0. The van der Waals surface area contributed by atoms with Crippen LogP contribution in [0.4, 0.5) is 0 Å². The van der Waals surface area contributed by atoms with Gasteiger partial charge in [0.2, 0.25) is 0 Å². The van der Waals surface area contributed by atoms with Gasteiger partial charge in [0.1, 0.15) is 7.11 Å². The van der Waals surface area contributed by atoms with Crippen molar-refractivity contribution in [1.29, 1.82) is 0 Å². The van der Waals surface area contributed by atoms with Gasteiger partial charge in [-0.25, -0.2) is 0 Å². The average Bonchev–Trinajstić information content (AvgIpc) is 2.10. The third-order valence-electron chi connectivity index (χ3n) is 1.44. The summed E-state index contributed by atoms with van der Waals surface area (Å²) < 4.78 is 0. The predicted molar refractivity (Wildman–Crippen MR) is 51.7 cm³/mol. The van der Waals surface area contributed by atoms with Crippen molar-refractivity contribution in [2.45, 2.75) is 32.1 Å². The summed E-state index contributed by atoms with van der Waals surface area (Å²) in [6.45, 7) is 3.45. The van der Waals surface area contributed by atoms with Crippen molar-refractivity contribution in [3.8, 4) is 11.8 Å². The van der Waals surface area contributed by atoms with Gasteiger partial charge < -0.3 is 4.84 Å². The van der Waals surface area contributed by atoms with Crippen LogP contribution in [0.5, 0.6) is 0 Å². The van der Waals surface area contributed by atoms with Gasteiger partial charge in [0, 0.05) is 19.6 Å². The van der Waals surface area contributed by atoms with Crippen molar-refractivity contribution in [3.63, 3.8) is 0 Å². The lowest BCUT2D eigenvalue weighted by molar-refractivity contribution is 0.214. The normalized spacial score (nSPS) is 9.50. The van der Waals surface area contributed by atoms with Gasteiger partial charge >= 0.3 is 0 Å². The molecule has 0 aliphatic heterocycles. The van der Waals surface area contributed by atoms with E-state index in [-0.39, 0.29) is 0 Å². The van der Waals surface area contributed by atoms with E-state index in [9.17, 15) is 0 Å². The molecule has 0 saturated heterocycles. The highest BCUT2D eigenvalue weighted by Crippen LogP contribution is 2.00. The maximum absolute atomic E-state index is 4.53. The van der Waals surface area contributed by atoms with E-state index < -0.39 is 0 Å². The molecule has 0 amide bonds. The second-order valence-corrected chi connectivity index (χ2v) is 2.42. The van der Waals surface area contributed by atoms with E-state index in [2.05, 4.69) is 28.8 Å². The minimum absolute atomic E-state index is 0.963. The quantitative estimate of drug-likeness (QED) is 0.257. The first kappa shape index (κ1) is 11.0. The summed E-state index contributed by atoms with van der Waals surface area (Å²) in [6, 6.07) is 0. The summed E-state index contributed by atoms with van der Waals surface area (Å²) in [7, 11) is 1.56. The Balaban J connectivity index is 2.99. The molecule has 0 rings (SSSR count). The fourth-order valence-corrected chi connectivity index (χ4v) is 0.841. The molecule has 0 fully saturated rings. The molecule has 1 radical (unpaired) electrons. The van der Waals surface area contributed by atoms with Crippen molar-refractivity contribution < 1.29 is 4.84 Å². The molecular weight excluding hydrogens is 150 g/mol. The summed E-state index contributed by atoms with van der Waals surface area (Å²) in [5, 5.41) is 3.64. The Morgan fingerprint density at radius 1 is 1.42 bits per heavy atom. The van der Waals surface area contributed by atoms with Crippen molar-refractivity contribution >= 4 is 6.21 Å². The first-order valence-electron chi connectivity index (χ1n) is 4.21. The highest BCUT2D eigenvalue weighted by atomic mass is 16.6. The van der Waals surface area contributed by atoms with Gasteiger partial charge in [-0.1, -0.05) is 11.6 Å². The zero-order valence-electron chi connectivity index (χ0n) is 7.68. The number of hydrogen-bond acceptors (Lipinski definition) is 2. The SMILES string of the molecule is [CH2]C#CCCCCC/C=N/OC. The first-order chi connectivity index (χ1) is 5.91. The standard InChI is InChI=1S/C10H16NO/c1-3-4-5-6-7-8-9-10-11-12-2/h10H,1,5-9H2,2H3/b11-10+. The lowest BCUT2D eigenvalue weighted by atomic mass is 10.1. The predicted octanol–water partition coefficient (Wildman–Crippen LogP) is 2.41. The summed E-state index contributed by atoms with van der Waals surface area (Å²) in [5.74, 6) is 5.56. The minimum Gasteiger partial charge on any atom is -0.399 e. The van der Waals surface area contributed by atoms with E-state index in [4.69, 9.17) is 0 Å². The second-order valence-electron chi connectivity index (χ2n) is 2.42. The van der Waals surface area contributed by atoms with Crippen molar-refractivity contribution in [2.24, 2.45) is 5.16 Å². The van der Waals surface area contributed by atoms with Crippen LogP contribution in [0.15, 0.2) is 5.16 Å². The molecule has 0 atom stereocenters. The molecule has 0 aliphatic carbocycles. The van der Waals surface area contributed by atoms with Gasteiger partial charge in [0.25, 0.3) is 0 Å². The molecule has 0 saturated carbocycles. The Labute approximate surface area is 75.0 Å². The largest absolute Gasteiger partial charge is 0.399 e. The van der Waals surface area contributed by atoms with Crippen LogP contribution < -0.4 is 0 Å². The summed E-state index contributed by atoms with van der Waals surface area (Å²) in [6.07, 6.45) is 7.27. The first-order valence-corrected chi connectivity index (χ1v) is 4.21. The molecule has 12 heavy (non-hydrogen) atoms. The molecule has 0 bridgehead atoms. The maximum atomic E-state index is 4.53. The van der Waals surface area contributed by atoms with Gasteiger partial charge in [-0.05, 0) is 19.3 Å². The average molecular weight is 166 g/mol. The molecule has 0 aromatic carbocycles. The Morgan fingerprint density at radius 3 is 2.92 bits per heavy atom. The van der Waals surface area contributed by atoms with Crippen LogP contribution in [0.25, 0.3) is 0 Å². The van der Waals surface area contributed by atoms with Gasteiger partial charge in [-0.3, -0.25) is 0 Å². The Kier molecular flexibility index (Phi) is 9.22. The smallest absolute Gasteiger partial charge is 0.106 e. The van der Waals surface area contributed by atoms with Crippen molar-refractivity contribution in [2.75, 3.05) is 7.11 Å². The molecule has 2 heteroatoms. The highest BCUT2D eigenvalue weighted by molar-refractivity contribution is 5.55. The van der Waals surface area contributed by atoms with Crippen molar-refractivity contribution in [3.05, 3.63) is 6.92 Å². The van der Waals surface area contributed by atoms with E-state index in [1.807, 2.05) is 0 Å². The number of rotatable bonds is 6. The minimum atomic E-state index is 0.963. The Morgan fingerprint density at radius 2 is 2.25 bits per heavy atom. The molecule has 0 spiro atoms. The lowest BCUT2D eigenvalue weighted by Gasteiger charge is -1.92. The third-order valence-corrected chi connectivity index (χ3v) is 1.44. The van der Waals surface area contributed by atoms with Crippen LogP contribution in [0, 0.1) is 18.8 Å². The zero-order chi connectivity index (χ0) is 9.07.